The van der Waals surface area contributed by atoms with Crippen molar-refractivity contribution in [2.24, 2.45) is 0 Å². The van der Waals surface area contributed by atoms with E-state index in [0.717, 1.165) is 6.42 Å². The highest BCUT2D eigenvalue weighted by atomic mass is 32.2. The van der Waals surface area contributed by atoms with Crippen molar-refractivity contribution in [1.82, 2.24) is 10.0 Å². The third-order valence-electron chi connectivity index (χ3n) is 3.45. The molecule has 25 heavy (non-hydrogen) atoms. The number of carbonyl (C=O) groups excluding carboxylic acids is 1. The van der Waals surface area contributed by atoms with Crippen LogP contribution in [-0.2, 0) is 15.8 Å². The second-order valence-electron chi connectivity index (χ2n) is 5.35. The minimum atomic E-state index is -1.78. The quantitative estimate of drug-likeness (QED) is 0.673. The summed E-state index contributed by atoms with van der Waals surface area (Å²) in [6.07, 6.45) is 0.816. The standard InChI is InChI=1S/C18H20N2O4S/c1-2-11-19-17(21)14-9-6-10-15(12-14)25(24)20-16(18(22)23)13-7-4-3-5-8-13/h3-10,12,16,20H,2,11H2,1H3,(H,19,21)(H,22,23). The van der Waals surface area contributed by atoms with E-state index in [1.54, 1.807) is 48.5 Å². The number of amides is 1. The van der Waals surface area contributed by atoms with Gasteiger partial charge in [0.1, 0.15) is 17.0 Å². The van der Waals surface area contributed by atoms with Crippen LogP contribution < -0.4 is 10.0 Å². The molecule has 1 amide bonds. The number of carboxylic acids is 1. The summed E-state index contributed by atoms with van der Waals surface area (Å²) in [7, 11) is -1.78. The minimum absolute atomic E-state index is 0.251. The predicted octanol–water partition coefficient (Wildman–Crippen LogP) is 2.26. The molecule has 2 aromatic rings. The molecule has 2 rings (SSSR count). The van der Waals surface area contributed by atoms with Gasteiger partial charge in [0, 0.05) is 12.1 Å². The third kappa shape index (κ3) is 5.23. The van der Waals surface area contributed by atoms with E-state index >= 15 is 0 Å². The van der Waals surface area contributed by atoms with Crippen LogP contribution in [0.3, 0.4) is 0 Å². The molecule has 0 aliphatic heterocycles. The van der Waals surface area contributed by atoms with E-state index < -0.39 is 23.0 Å². The summed E-state index contributed by atoms with van der Waals surface area (Å²) in [6.45, 7) is 2.50. The van der Waals surface area contributed by atoms with Gasteiger partial charge in [-0.1, -0.05) is 43.3 Å². The van der Waals surface area contributed by atoms with Crippen LogP contribution in [0.25, 0.3) is 0 Å². The highest BCUT2D eigenvalue weighted by Crippen LogP contribution is 2.16. The Morgan fingerprint density at radius 1 is 1.12 bits per heavy atom. The molecule has 0 fully saturated rings. The Morgan fingerprint density at radius 3 is 2.48 bits per heavy atom. The number of hydrogen-bond donors (Lipinski definition) is 3. The second-order valence-corrected chi connectivity index (χ2v) is 6.60. The van der Waals surface area contributed by atoms with E-state index in [4.69, 9.17) is 0 Å². The van der Waals surface area contributed by atoms with Crippen molar-refractivity contribution in [3.8, 4) is 0 Å². The van der Waals surface area contributed by atoms with Crippen LogP contribution in [0.1, 0.15) is 35.3 Å². The molecule has 3 N–H and O–H groups in total. The van der Waals surface area contributed by atoms with Crippen molar-refractivity contribution in [3.63, 3.8) is 0 Å². The van der Waals surface area contributed by atoms with Gasteiger partial charge >= 0.3 is 5.97 Å². The maximum atomic E-state index is 12.5. The van der Waals surface area contributed by atoms with E-state index in [1.807, 2.05) is 6.92 Å². The largest absolute Gasteiger partial charge is 0.480 e. The van der Waals surface area contributed by atoms with Gasteiger partial charge in [-0.15, -0.1) is 0 Å². The fourth-order valence-electron chi connectivity index (χ4n) is 2.17. The molecular weight excluding hydrogens is 340 g/mol. The van der Waals surface area contributed by atoms with Crippen molar-refractivity contribution in [1.29, 1.82) is 0 Å². The molecule has 0 saturated heterocycles. The van der Waals surface area contributed by atoms with Crippen molar-refractivity contribution >= 4 is 22.9 Å². The second kappa shape index (κ2) is 9.10. The van der Waals surface area contributed by atoms with Gasteiger partial charge in [-0.25, -0.2) is 8.93 Å². The molecule has 0 aliphatic rings. The first kappa shape index (κ1) is 18.8. The summed E-state index contributed by atoms with van der Waals surface area (Å²) in [6, 6.07) is 13.7. The van der Waals surface area contributed by atoms with E-state index in [0.29, 0.717) is 22.6 Å². The van der Waals surface area contributed by atoms with E-state index in [-0.39, 0.29) is 5.91 Å². The van der Waals surface area contributed by atoms with E-state index in [2.05, 4.69) is 10.0 Å². The van der Waals surface area contributed by atoms with Gasteiger partial charge < -0.3 is 10.4 Å². The van der Waals surface area contributed by atoms with Crippen LogP contribution in [0.15, 0.2) is 59.5 Å². The topological polar surface area (TPSA) is 95.5 Å². The number of nitrogens with one attached hydrogen (secondary N) is 2. The number of benzene rings is 2. The van der Waals surface area contributed by atoms with Gasteiger partial charge in [-0.2, -0.15) is 0 Å². The molecule has 6 nitrogen and oxygen atoms in total. The van der Waals surface area contributed by atoms with E-state index in [1.165, 1.54) is 6.07 Å². The molecule has 2 unspecified atom stereocenters. The van der Waals surface area contributed by atoms with Crippen LogP contribution in [-0.4, -0.2) is 27.7 Å². The number of carbonyl (C=O) groups is 2. The summed E-state index contributed by atoms with van der Waals surface area (Å²) >= 11 is 0. The monoisotopic (exact) mass is 360 g/mol. The van der Waals surface area contributed by atoms with Crippen LogP contribution in [0.5, 0.6) is 0 Å². The average molecular weight is 360 g/mol. The predicted molar refractivity (Wildman–Crippen MR) is 95.4 cm³/mol. The van der Waals surface area contributed by atoms with E-state index in [9.17, 15) is 18.9 Å². The van der Waals surface area contributed by atoms with Crippen LogP contribution in [0, 0.1) is 0 Å². The fraction of sp³-hybridized carbons (Fsp3) is 0.222. The molecule has 0 bridgehead atoms. The minimum Gasteiger partial charge on any atom is -0.480 e. The first-order valence-electron chi connectivity index (χ1n) is 7.87. The van der Waals surface area contributed by atoms with Gasteiger partial charge in [0.25, 0.3) is 5.91 Å². The Labute approximate surface area is 148 Å². The maximum Gasteiger partial charge on any atom is 0.326 e. The van der Waals surface area contributed by atoms with Crippen molar-refractivity contribution in [2.45, 2.75) is 24.3 Å². The van der Waals surface area contributed by atoms with Crippen LogP contribution in [0.2, 0.25) is 0 Å². The lowest BCUT2D eigenvalue weighted by Gasteiger charge is -2.14. The smallest absolute Gasteiger partial charge is 0.326 e. The molecule has 0 spiro atoms. The third-order valence-corrected chi connectivity index (χ3v) is 4.58. The van der Waals surface area contributed by atoms with Crippen molar-refractivity contribution < 1.29 is 18.9 Å². The molecule has 0 saturated carbocycles. The van der Waals surface area contributed by atoms with Gasteiger partial charge in [0.05, 0.1) is 4.90 Å². The molecule has 2 aromatic carbocycles. The van der Waals surface area contributed by atoms with Crippen molar-refractivity contribution in [2.75, 3.05) is 6.54 Å². The summed E-state index contributed by atoms with van der Waals surface area (Å²) in [5, 5.41) is 12.1. The molecule has 7 heteroatoms. The van der Waals surface area contributed by atoms with Crippen LogP contribution in [0.4, 0.5) is 0 Å². The van der Waals surface area contributed by atoms with Crippen molar-refractivity contribution in [3.05, 3.63) is 65.7 Å². The summed E-state index contributed by atoms with van der Waals surface area (Å²) in [5.74, 6) is -1.38. The lowest BCUT2D eigenvalue weighted by Crippen LogP contribution is -2.30. The van der Waals surface area contributed by atoms with Crippen LogP contribution >= 0.6 is 0 Å². The lowest BCUT2D eigenvalue weighted by atomic mass is 10.1. The number of rotatable bonds is 8. The summed E-state index contributed by atoms with van der Waals surface area (Å²) in [5.41, 5.74) is 0.882. The summed E-state index contributed by atoms with van der Waals surface area (Å²) in [4.78, 5) is 23.8. The Kier molecular flexibility index (Phi) is 6.85. The van der Waals surface area contributed by atoms with Gasteiger partial charge in [-0.05, 0) is 30.2 Å². The zero-order chi connectivity index (χ0) is 18.2. The Balaban J connectivity index is 2.17. The first-order chi connectivity index (χ1) is 12.0. The number of aliphatic carboxylic acids is 1. The normalized spacial score (nSPS) is 13.0. The molecule has 0 heterocycles. The molecule has 2 atom stereocenters. The Bertz CT molecular complexity index is 765. The Morgan fingerprint density at radius 2 is 1.84 bits per heavy atom. The molecule has 0 aliphatic carbocycles. The molecular formula is C18H20N2O4S. The zero-order valence-electron chi connectivity index (χ0n) is 13.8. The Hall–Kier alpha value is -2.51. The average Bonchev–Trinajstić information content (AvgIpc) is 2.64. The maximum absolute atomic E-state index is 12.5. The van der Waals surface area contributed by atoms with Gasteiger partial charge in [0.15, 0.2) is 0 Å². The fourth-order valence-corrected chi connectivity index (χ4v) is 3.20. The van der Waals surface area contributed by atoms with Gasteiger partial charge in [0.2, 0.25) is 0 Å². The SMILES string of the molecule is CCCNC(=O)c1cccc(S(=O)NC(C(=O)O)c2ccccc2)c1. The zero-order valence-corrected chi connectivity index (χ0v) is 14.6. The highest BCUT2D eigenvalue weighted by molar-refractivity contribution is 7.83. The number of hydrogen-bond acceptors (Lipinski definition) is 3. The van der Waals surface area contributed by atoms with Gasteiger partial charge in [-0.3, -0.25) is 9.59 Å². The molecule has 0 aromatic heterocycles. The number of carboxylic acid groups (broad SMARTS) is 1. The molecule has 132 valence electrons. The first-order valence-corrected chi connectivity index (χ1v) is 9.02. The molecule has 0 radical (unpaired) electrons. The highest BCUT2D eigenvalue weighted by Gasteiger charge is 2.22. The lowest BCUT2D eigenvalue weighted by molar-refractivity contribution is -0.139. The summed E-state index contributed by atoms with van der Waals surface area (Å²) < 4.78 is 15.1.